The van der Waals surface area contributed by atoms with E-state index in [1.54, 1.807) is 13.1 Å². The van der Waals surface area contributed by atoms with Crippen molar-refractivity contribution in [2.24, 2.45) is 0 Å². The summed E-state index contributed by atoms with van der Waals surface area (Å²) < 4.78 is 41.2. The Morgan fingerprint density at radius 1 is 1.45 bits per heavy atom. The Balaban J connectivity index is 2.37. The third-order valence-electron chi connectivity index (χ3n) is 3.49. The SMILES string of the molecule is CNCC1CCCCN1S(=O)(=O)c1ccc(Br)cc1F. The van der Waals surface area contributed by atoms with Crippen LogP contribution < -0.4 is 5.32 Å². The molecule has 1 aromatic carbocycles. The molecule has 0 saturated carbocycles. The van der Waals surface area contributed by atoms with Crippen molar-refractivity contribution >= 4 is 26.0 Å². The Kier molecular flexibility index (Phi) is 5.17. The zero-order valence-corrected chi connectivity index (χ0v) is 13.7. The van der Waals surface area contributed by atoms with E-state index in [9.17, 15) is 12.8 Å². The van der Waals surface area contributed by atoms with Crippen LogP contribution in [0.1, 0.15) is 19.3 Å². The number of sulfonamides is 1. The van der Waals surface area contributed by atoms with E-state index in [1.165, 1.54) is 16.4 Å². The number of halogens is 2. The van der Waals surface area contributed by atoms with Crippen LogP contribution in [0.5, 0.6) is 0 Å². The van der Waals surface area contributed by atoms with Crippen LogP contribution in [-0.2, 0) is 10.0 Å². The van der Waals surface area contributed by atoms with Gasteiger partial charge in [0.25, 0.3) is 0 Å². The van der Waals surface area contributed by atoms with Crippen molar-refractivity contribution in [1.29, 1.82) is 0 Å². The van der Waals surface area contributed by atoms with E-state index in [0.29, 0.717) is 17.6 Å². The molecular weight excluding hydrogens is 347 g/mol. The van der Waals surface area contributed by atoms with Gasteiger partial charge in [0.2, 0.25) is 10.0 Å². The summed E-state index contributed by atoms with van der Waals surface area (Å²) in [6.45, 7) is 1.03. The summed E-state index contributed by atoms with van der Waals surface area (Å²) in [6, 6.07) is 3.94. The molecule has 1 aliphatic rings. The largest absolute Gasteiger partial charge is 0.318 e. The molecule has 1 fully saturated rings. The van der Waals surface area contributed by atoms with E-state index in [0.717, 1.165) is 19.3 Å². The Hall–Kier alpha value is -0.500. The number of hydrogen-bond donors (Lipinski definition) is 1. The van der Waals surface area contributed by atoms with Gasteiger partial charge in [-0.15, -0.1) is 0 Å². The van der Waals surface area contributed by atoms with E-state index in [-0.39, 0.29) is 10.9 Å². The van der Waals surface area contributed by atoms with Gasteiger partial charge in [-0.3, -0.25) is 0 Å². The molecular formula is C13H18BrFN2O2S. The van der Waals surface area contributed by atoms with E-state index < -0.39 is 15.8 Å². The molecule has 0 aromatic heterocycles. The number of piperidine rings is 1. The Morgan fingerprint density at radius 2 is 2.20 bits per heavy atom. The normalized spacial score (nSPS) is 21.1. The van der Waals surface area contributed by atoms with Crippen LogP contribution in [0.25, 0.3) is 0 Å². The van der Waals surface area contributed by atoms with Crippen LogP contribution in [0.15, 0.2) is 27.6 Å². The Labute approximate surface area is 127 Å². The van der Waals surface area contributed by atoms with Gasteiger partial charge >= 0.3 is 0 Å². The first-order chi connectivity index (χ1) is 9.46. The van der Waals surface area contributed by atoms with Crippen LogP contribution in [0.3, 0.4) is 0 Å². The molecule has 0 radical (unpaired) electrons. The molecule has 1 aromatic rings. The summed E-state index contributed by atoms with van der Waals surface area (Å²) in [7, 11) is -1.99. The topological polar surface area (TPSA) is 49.4 Å². The van der Waals surface area contributed by atoms with Gasteiger partial charge in [-0.2, -0.15) is 4.31 Å². The molecule has 0 aliphatic carbocycles. The molecule has 0 amide bonds. The minimum absolute atomic E-state index is 0.109. The second-order valence-corrected chi connectivity index (χ2v) is 7.67. The van der Waals surface area contributed by atoms with Crippen molar-refractivity contribution in [3.05, 3.63) is 28.5 Å². The van der Waals surface area contributed by atoms with Gasteiger partial charge in [-0.1, -0.05) is 22.4 Å². The number of hydrogen-bond acceptors (Lipinski definition) is 3. The molecule has 2 rings (SSSR count). The van der Waals surface area contributed by atoms with E-state index in [1.807, 2.05) is 0 Å². The summed E-state index contributed by atoms with van der Waals surface area (Å²) in [5.74, 6) is -0.715. The van der Waals surface area contributed by atoms with Gasteiger partial charge in [0.15, 0.2) is 0 Å². The molecule has 1 atom stereocenters. The molecule has 1 N–H and O–H groups in total. The molecule has 1 unspecified atom stereocenters. The first-order valence-corrected chi connectivity index (χ1v) is 8.81. The predicted octanol–water partition coefficient (Wildman–Crippen LogP) is 2.35. The zero-order chi connectivity index (χ0) is 14.8. The predicted molar refractivity (Wildman–Crippen MR) is 79.6 cm³/mol. The molecule has 0 bridgehead atoms. The van der Waals surface area contributed by atoms with Gasteiger partial charge < -0.3 is 5.32 Å². The highest BCUT2D eigenvalue weighted by atomic mass is 79.9. The Morgan fingerprint density at radius 3 is 2.85 bits per heavy atom. The molecule has 7 heteroatoms. The number of rotatable bonds is 4. The fraction of sp³-hybridized carbons (Fsp3) is 0.538. The van der Waals surface area contributed by atoms with E-state index >= 15 is 0 Å². The monoisotopic (exact) mass is 364 g/mol. The lowest BCUT2D eigenvalue weighted by atomic mass is 10.1. The average molecular weight is 365 g/mol. The lowest BCUT2D eigenvalue weighted by Gasteiger charge is -2.34. The molecule has 0 spiro atoms. The standard InChI is InChI=1S/C13H18BrFN2O2S/c1-16-9-11-4-2-3-7-17(11)20(18,19)13-6-5-10(14)8-12(13)15/h5-6,8,11,16H,2-4,7,9H2,1H3. The first kappa shape index (κ1) is 15.9. The lowest BCUT2D eigenvalue weighted by molar-refractivity contribution is 0.248. The van der Waals surface area contributed by atoms with Gasteiger partial charge in [0.05, 0.1) is 0 Å². The number of benzene rings is 1. The second-order valence-electron chi connectivity index (χ2n) is 4.90. The highest BCUT2D eigenvalue weighted by Gasteiger charge is 2.34. The zero-order valence-electron chi connectivity index (χ0n) is 11.3. The third-order valence-corrected chi connectivity index (χ3v) is 5.97. The minimum atomic E-state index is -3.78. The highest BCUT2D eigenvalue weighted by molar-refractivity contribution is 9.10. The Bertz CT molecular complexity index is 578. The third kappa shape index (κ3) is 3.21. The van der Waals surface area contributed by atoms with Crippen LogP contribution in [0.2, 0.25) is 0 Å². The van der Waals surface area contributed by atoms with Gasteiger partial charge in [0.1, 0.15) is 10.7 Å². The van der Waals surface area contributed by atoms with E-state index in [4.69, 9.17) is 0 Å². The van der Waals surface area contributed by atoms with E-state index in [2.05, 4.69) is 21.2 Å². The summed E-state index contributed by atoms with van der Waals surface area (Å²) in [5, 5.41) is 3.01. The van der Waals surface area contributed by atoms with Crippen LogP contribution in [0.4, 0.5) is 4.39 Å². The van der Waals surface area contributed by atoms with Crippen molar-refractivity contribution < 1.29 is 12.8 Å². The molecule has 1 aliphatic heterocycles. The van der Waals surface area contributed by atoms with Crippen molar-refractivity contribution in [1.82, 2.24) is 9.62 Å². The minimum Gasteiger partial charge on any atom is -0.318 e. The van der Waals surface area contributed by atoms with Crippen molar-refractivity contribution in [3.63, 3.8) is 0 Å². The van der Waals surface area contributed by atoms with Gasteiger partial charge in [0, 0.05) is 23.6 Å². The summed E-state index contributed by atoms with van der Waals surface area (Å²) >= 11 is 3.14. The highest BCUT2D eigenvalue weighted by Crippen LogP contribution is 2.27. The smallest absolute Gasteiger partial charge is 0.246 e. The van der Waals surface area contributed by atoms with Crippen LogP contribution in [-0.4, -0.2) is 38.9 Å². The van der Waals surface area contributed by atoms with Gasteiger partial charge in [-0.05, 0) is 38.1 Å². The fourth-order valence-electron chi connectivity index (χ4n) is 2.54. The summed E-state index contributed by atoms with van der Waals surface area (Å²) in [5.41, 5.74) is 0. The number of likely N-dealkylation sites (N-methyl/N-ethyl adjacent to an activating group) is 1. The quantitative estimate of drug-likeness (QED) is 0.891. The molecule has 4 nitrogen and oxygen atoms in total. The maximum atomic E-state index is 14.0. The van der Waals surface area contributed by atoms with Crippen LogP contribution >= 0.6 is 15.9 Å². The fourth-order valence-corrected chi connectivity index (χ4v) is 4.61. The summed E-state index contributed by atoms with van der Waals surface area (Å²) in [4.78, 5) is -0.247. The van der Waals surface area contributed by atoms with Crippen molar-refractivity contribution in [3.8, 4) is 0 Å². The maximum Gasteiger partial charge on any atom is 0.246 e. The molecule has 112 valence electrons. The van der Waals surface area contributed by atoms with Crippen LogP contribution in [0, 0.1) is 5.82 Å². The average Bonchev–Trinajstić information content (AvgIpc) is 2.39. The maximum absolute atomic E-state index is 14.0. The molecule has 1 saturated heterocycles. The summed E-state index contributed by atoms with van der Waals surface area (Å²) in [6.07, 6.45) is 2.62. The lowest BCUT2D eigenvalue weighted by Crippen LogP contribution is -2.48. The second kappa shape index (κ2) is 6.51. The first-order valence-electron chi connectivity index (χ1n) is 6.58. The van der Waals surface area contributed by atoms with Crippen molar-refractivity contribution in [2.45, 2.75) is 30.2 Å². The van der Waals surface area contributed by atoms with Gasteiger partial charge in [-0.25, -0.2) is 12.8 Å². The number of nitrogens with zero attached hydrogens (tertiary/aromatic N) is 1. The molecule has 1 heterocycles. The van der Waals surface area contributed by atoms with Crippen molar-refractivity contribution in [2.75, 3.05) is 20.1 Å². The molecule has 20 heavy (non-hydrogen) atoms. The number of nitrogens with one attached hydrogen (secondary N) is 1.